The van der Waals surface area contributed by atoms with Gasteiger partial charge in [0.25, 0.3) is 15.9 Å². The molecule has 2 rings (SSSR count). The number of hydrazine groups is 1. The molecule has 0 unspecified atom stereocenters. The number of halogens is 1. The lowest BCUT2D eigenvalue weighted by Gasteiger charge is -2.07. The van der Waals surface area contributed by atoms with Gasteiger partial charge in [0.05, 0.1) is 4.90 Å². The molecule has 1 aromatic carbocycles. The number of aromatic nitrogens is 1. The van der Waals surface area contributed by atoms with Crippen LogP contribution in [0.1, 0.15) is 10.5 Å². The first-order valence-electron chi connectivity index (χ1n) is 5.20. The van der Waals surface area contributed by atoms with E-state index in [9.17, 15) is 13.2 Å². The first kappa shape index (κ1) is 13.6. The number of aromatic amines is 1. The SMILES string of the molecule is O=C(NNS(=O)(=O)c1cccc(Cl)c1)c1ccc[nH]1. The van der Waals surface area contributed by atoms with Crippen LogP contribution in [0, 0.1) is 0 Å². The van der Waals surface area contributed by atoms with Gasteiger partial charge in [-0.15, -0.1) is 4.83 Å². The Bertz CT molecular complexity index is 683. The standard InChI is InChI=1S/C11H10ClN3O3S/c12-8-3-1-4-9(7-8)19(17,18)15-14-11(16)10-5-2-6-13-10/h1-7,13,15H,(H,14,16). The second-order valence-electron chi connectivity index (χ2n) is 3.60. The summed E-state index contributed by atoms with van der Waals surface area (Å²) in [6.07, 6.45) is 1.56. The Labute approximate surface area is 114 Å². The van der Waals surface area contributed by atoms with Gasteiger partial charge in [0, 0.05) is 11.2 Å². The first-order chi connectivity index (χ1) is 8.99. The Morgan fingerprint density at radius 3 is 2.63 bits per heavy atom. The van der Waals surface area contributed by atoms with Gasteiger partial charge in [-0.05, 0) is 30.3 Å². The maximum atomic E-state index is 11.9. The Balaban J connectivity index is 2.08. The number of hydrogen-bond acceptors (Lipinski definition) is 3. The van der Waals surface area contributed by atoms with Crippen LogP contribution in [-0.2, 0) is 10.0 Å². The van der Waals surface area contributed by atoms with Crippen molar-refractivity contribution in [2.24, 2.45) is 0 Å². The van der Waals surface area contributed by atoms with Crippen molar-refractivity contribution >= 4 is 27.5 Å². The molecule has 0 aliphatic heterocycles. The third-order valence-electron chi connectivity index (χ3n) is 2.25. The molecule has 19 heavy (non-hydrogen) atoms. The molecule has 0 atom stereocenters. The third kappa shape index (κ3) is 3.34. The highest BCUT2D eigenvalue weighted by molar-refractivity contribution is 7.89. The predicted octanol–water partition coefficient (Wildman–Crippen LogP) is 1.29. The van der Waals surface area contributed by atoms with Crippen LogP contribution in [0.5, 0.6) is 0 Å². The minimum absolute atomic E-state index is 0.0354. The molecule has 3 N–H and O–H groups in total. The lowest BCUT2D eigenvalue weighted by molar-refractivity contribution is 0.0940. The molecule has 1 aromatic heterocycles. The monoisotopic (exact) mass is 299 g/mol. The summed E-state index contributed by atoms with van der Waals surface area (Å²) in [4.78, 5) is 16.2. The molecule has 0 saturated carbocycles. The highest BCUT2D eigenvalue weighted by Gasteiger charge is 2.16. The average molecular weight is 300 g/mol. The van der Waals surface area contributed by atoms with E-state index < -0.39 is 15.9 Å². The zero-order chi connectivity index (χ0) is 13.9. The smallest absolute Gasteiger partial charge is 0.282 e. The van der Waals surface area contributed by atoms with Crippen molar-refractivity contribution in [1.29, 1.82) is 0 Å². The number of nitrogens with one attached hydrogen (secondary N) is 3. The molecule has 100 valence electrons. The summed E-state index contributed by atoms with van der Waals surface area (Å²) in [5.74, 6) is -0.587. The number of benzene rings is 1. The van der Waals surface area contributed by atoms with Crippen LogP contribution < -0.4 is 10.3 Å². The highest BCUT2D eigenvalue weighted by Crippen LogP contribution is 2.14. The summed E-state index contributed by atoms with van der Waals surface area (Å²) >= 11 is 5.71. The summed E-state index contributed by atoms with van der Waals surface area (Å²) in [6, 6.07) is 8.85. The fraction of sp³-hybridized carbons (Fsp3) is 0. The van der Waals surface area contributed by atoms with E-state index in [1.54, 1.807) is 18.3 Å². The van der Waals surface area contributed by atoms with Crippen molar-refractivity contribution in [3.63, 3.8) is 0 Å². The van der Waals surface area contributed by atoms with Crippen LogP contribution in [0.15, 0.2) is 47.5 Å². The van der Waals surface area contributed by atoms with E-state index in [2.05, 4.69) is 10.4 Å². The van der Waals surface area contributed by atoms with Crippen LogP contribution in [0.25, 0.3) is 0 Å². The summed E-state index contributed by atoms with van der Waals surface area (Å²) in [6.45, 7) is 0. The Morgan fingerprint density at radius 1 is 1.21 bits per heavy atom. The van der Waals surface area contributed by atoms with Crippen molar-refractivity contribution < 1.29 is 13.2 Å². The van der Waals surface area contributed by atoms with Gasteiger partial charge in [0.1, 0.15) is 5.69 Å². The van der Waals surface area contributed by atoms with Gasteiger partial charge in [-0.3, -0.25) is 10.2 Å². The molecule has 0 radical (unpaired) electrons. The number of sulfonamides is 1. The topological polar surface area (TPSA) is 91.1 Å². The van der Waals surface area contributed by atoms with Gasteiger partial charge < -0.3 is 4.98 Å². The summed E-state index contributed by atoms with van der Waals surface area (Å²) in [7, 11) is -3.85. The highest BCUT2D eigenvalue weighted by atomic mass is 35.5. The van der Waals surface area contributed by atoms with Gasteiger partial charge in [-0.1, -0.05) is 17.7 Å². The number of hydrogen-bond donors (Lipinski definition) is 3. The van der Waals surface area contributed by atoms with Gasteiger partial charge in [0.15, 0.2) is 0 Å². The summed E-state index contributed by atoms with van der Waals surface area (Å²) in [5.41, 5.74) is 2.34. The number of H-pyrrole nitrogens is 1. The van der Waals surface area contributed by atoms with Crippen molar-refractivity contribution in [2.75, 3.05) is 0 Å². The third-order valence-corrected chi connectivity index (χ3v) is 3.73. The zero-order valence-corrected chi connectivity index (χ0v) is 11.1. The maximum absolute atomic E-state index is 11.9. The van der Waals surface area contributed by atoms with Crippen molar-refractivity contribution in [3.8, 4) is 0 Å². The molecular weight excluding hydrogens is 290 g/mol. The normalized spacial score (nSPS) is 11.2. The second-order valence-corrected chi connectivity index (χ2v) is 5.72. The van der Waals surface area contributed by atoms with Gasteiger partial charge in [-0.25, -0.2) is 8.42 Å². The molecule has 0 bridgehead atoms. The van der Waals surface area contributed by atoms with Crippen molar-refractivity contribution in [3.05, 3.63) is 53.3 Å². The van der Waals surface area contributed by atoms with E-state index in [0.717, 1.165) is 0 Å². The minimum Gasteiger partial charge on any atom is -0.357 e. The molecule has 2 aromatic rings. The molecule has 0 aliphatic rings. The maximum Gasteiger partial charge on any atom is 0.282 e. The molecule has 0 spiro atoms. The first-order valence-corrected chi connectivity index (χ1v) is 7.06. The zero-order valence-electron chi connectivity index (χ0n) is 9.55. The second kappa shape index (κ2) is 5.43. The molecule has 6 nitrogen and oxygen atoms in total. The summed E-state index contributed by atoms with van der Waals surface area (Å²) in [5, 5.41) is 0.290. The van der Waals surface area contributed by atoms with E-state index in [-0.39, 0.29) is 10.6 Å². The fourth-order valence-electron chi connectivity index (χ4n) is 1.35. The molecule has 1 amide bonds. The predicted molar refractivity (Wildman–Crippen MR) is 70.0 cm³/mol. The van der Waals surface area contributed by atoms with E-state index in [1.807, 2.05) is 4.83 Å². The van der Waals surface area contributed by atoms with Crippen LogP contribution >= 0.6 is 11.6 Å². The molecular formula is C11H10ClN3O3S. The Morgan fingerprint density at radius 2 is 2.00 bits per heavy atom. The molecule has 0 aliphatic carbocycles. The largest absolute Gasteiger partial charge is 0.357 e. The van der Waals surface area contributed by atoms with Crippen LogP contribution in [-0.4, -0.2) is 19.3 Å². The van der Waals surface area contributed by atoms with Crippen LogP contribution in [0.3, 0.4) is 0 Å². The number of carbonyl (C=O) groups is 1. The molecule has 8 heteroatoms. The molecule has 0 fully saturated rings. The quantitative estimate of drug-likeness (QED) is 0.743. The van der Waals surface area contributed by atoms with Crippen molar-refractivity contribution in [2.45, 2.75) is 4.90 Å². The van der Waals surface area contributed by atoms with E-state index >= 15 is 0 Å². The summed E-state index contributed by atoms with van der Waals surface area (Å²) < 4.78 is 23.7. The van der Waals surface area contributed by atoms with E-state index in [1.165, 1.54) is 24.3 Å². The number of amides is 1. The Kier molecular flexibility index (Phi) is 3.89. The lowest BCUT2D eigenvalue weighted by Crippen LogP contribution is -2.41. The van der Waals surface area contributed by atoms with Crippen molar-refractivity contribution in [1.82, 2.24) is 15.2 Å². The molecule has 0 saturated heterocycles. The van der Waals surface area contributed by atoms with E-state index in [4.69, 9.17) is 11.6 Å². The van der Waals surface area contributed by atoms with Crippen LogP contribution in [0.4, 0.5) is 0 Å². The van der Waals surface area contributed by atoms with E-state index in [0.29, 0.717) is 5.02 Å². The lowest BCUT2D eigenvalue weighted by atomic mass is 10.4. The van der Waals surface area contributed by atoms with Gasteiger partial charge in [-0.2, -0.15) is 0 Å². The number of carbonyl (C=O) groups excluding carboxylic acids is 1. The average Bonchev–Trinajstić information content (AvgIpc) is 2.90. The number of rotatable bonds is 4. The molecule has 1 heterocycles. The van der Waals surface area contributed by atoms with Gasteiger partial charge in [0.2, 0.25) is 0 Å². The van der Waals surface area contributed by atoms with Gasteiger partial charge >= 0.3 is 0 Å². The minimum atomic E-state index is -3.85. The Hall–Kier alpha value is -1.83. The van der Waals surface area contributed by atoms with Crippen LogP contribution in [0.2, 0.25) is 5.02 Å². The fourth-order valence-corrected chi connectivity index (χ4v) is 2.49.